The lowest BCUT2D eigenvalue weighted by molar-refractivity contribution is -0.111. The molecule has 0 bridgehead atoms. The quantitative estimate of drug-likeness (QED) is 0.618. The van der Waals surface area contributed by atoms with Gasteiger partial charge in [-0.1, -0.05) is 0 Å². The van der Waals surface area contributed by atoms with Gasteiger partial charge in [0.05, 0.1) is 23.3 Å². The maximum atomic E-state index is 12.3. The monoisotopic (exact) mass is 376 g/mol. The number of esters is 1. The number of carbonyl (C=O) groups is 3. The highest BCUT2D eigenvalue weighted by atomic mass is 32.1. The third kappa shape index (κ3) is 4.40. The van der Waals surface area contributed by atoms with E-state index in [2.05, 4.69) is 5.32 Å². The first-order valence-corrected chi connectivity index (χ1v) is 8.71. The molecule has 2 heterocycles. The van der Waals surface area contributed by atoms with Crippen LogP contribution >= 0.6 is 11.3 Å². The Morgan fingerprint density at radius 3 is 2.65 bits per heavy atom. The van der Waals surface area contributed by atoms with Crippen molar-refractivity contribution < 1.29 is 23.5 Å². The van der Waals surface area contributed by atoms with E-state index in [1.54, 1.807) is 40.1 Å². The molecule has 0 unspecified atom stereocenters. The number of carbonyl (C=O) groups excluding carboxylic acids is 3. The van der Waals surface area contributed by atoms with E-state index >= 15 is 0 Å². The summed E-state index contributed by atoms with van der Waals surface area (Å²) >= 11 is 1.05. The van der Waals surface area contributed by atoms with Crippen LogP contribution < -0.4 is 5.32 Å². The van der Waals surface area contributed by atoms with E-state index in [9.17, 15) is 14.4 Å². The molecule has 2 rings (SSSR count). The van der Waals surface area contributed by atoms with Gasteiger partial charge in [0.15, 0.2) is 0 Å². The van der Waals surface area contributed by atoms with Crippen LogP contribution in [0.15, 0.2) is 28.9 Å². The number of nitrogens with zero attached hydrogens (tertiary/aromatic N) is 1. The maximum absolute atomic E-state index is 12.3. The third-order valence-corrected chi connectivity index (χ3v) is 4.60. The lowest BCUT2D eigenvalue weighted by atomic mass is 10.1. The largest absolute Gasteiger partial charge is 0.465 e. The van der Waals surface area contributed by atoms with E-state index in [0.717, 1.165) is 11.3 Å². The number of nitrogens with one attached hydrogen (secondary N) is 1. The fraction of sp³-hybridized carbons (Fsp3) is 0.278. The van der Waals surface area contributed by atoms with Crippen molar-refractivity contribution in [2.75, 3.05) is 26.0 Å². The highest BCUT2D eigenvalue weighted by Gasteiger charge is 2.27. The molecule has 0 fully saturated rings. The summed E-state index contributed by atoms with van der Waals surface area (Å²) in [5.41, 5.74) is 0.680. The van der Waals surface area contributed by atoms with Gasteiger partial charge in [-0.25, -0.2) is 4.79 Å². The number of hydrogen-bond donors (Lipinski definition) is 1. The number of ether oxygens (including phenoxy) is 1. The second-order valence-corrected chi connectivity index (χ2v) is 6.54. The number of anilines is 1. The molecular weight excluding hydrogens is 356 g/mol. The second-order valence-electron chi connectivity index (χ2n) is 5.52. The molecular formula is C18H20N2O5S. The average molecular weight is 376 g/mol. The Hall–Kier alpha value is -2.87. The normalized spacial score (nSPS) is 10.8. The minimum Gasteiger partial charge on any atom is -0.465 e. The van der Waals surface area contributed by atoms with Crippen molar-refractivity contribution in [2.24, 2.45) is 0 Å². The predicted octanol–water partition coefficient (Wildman–Crippen LogP) is 3.18. The van der Waals surface area contributed by atoms with Crippen LogP contribution in [0.1, 0.15) is 38.3 Å². The number of thiophene rings is 1. The molecule has 1 N–H and O–H groups in total. The van der Waals surface area contributed by atoms with Crippen LogP contribution in [0, 0.1) is 6.92 Å². The van der Waals surface area contributed by atoms with Crippen LogP contribution in [0.3, 0.4) is 0 Å². The van der Waals surface area contributed by atoms with Crippen molar-refractivity contribution in [2.45, 2.75) is 13.8 Å². The zero-order chi connectivity index (χ0) is 19.3. The van der Waals surface area contributed by atoms with E-state index in [-0.39, 0.29) is 23.1 Å². The van der Waals surface area contributed by atoms with Gasteiger partial charge in [0.2, 0.25) is 5.91 Å². The highest BCUT2D eigenvalue weighted by molar-refractivity contribution is 7.18. The number of furan rings is 1. The predicted molar refractivity (Wildman–Crippen MR) is 99.4 cm³/mol. The summed E-state index contributed by atoms with van der Waals surface area (Å²) in [7, 11) is 3.24. The first-order valence-electron chi connectivity index (χ1n) is 7.89. The highest BCUT2D eigenvalue weighted by Crippen LogP contribution is 2.34. The van der Waals surface area contributed by atoms with Crippen LogP contribution in [0.2, 0.25) is 0 Å². The van der Waals surface area contributed by atoms with Gasteiger partial charge in [0, 0.05) is 20.2 Å². The molecule has 0 aliphatic rings. The fourth-order valence-electron chi connectivity index (χ4n) is 2.16. The van der Waals surface area contributed by atoms with Crippen molar-refractivity contribution in [3.8, 4) is 0 Å². The maximum Gasteiger partial charge on any atom is 0.341 e. The summed E-state index contributed by atoms with van der Waals surface area (Å²) in [6.45, 7) is 3.54. The molecule has 0 aromatic carbocycles. The molecule has 0 aliphatic carbocycles. The van der Waals surface area contributed by atoms with Crippen LogP contribution in [-0.4, -0.2) is 43.4 Å². The van der Waals surface area contributed by atoms with Gasteiger partial charge >= 0.3 is 5.97 Å². The zero-order valence-electron chi connectivity index (χ0n) is 15.0. The minimum atomic E-state index is -0.579. The van der Waals surface area contributed by atoms with Gasteiger partial charge in [0.1, 0.15) is 10.8 Å². The van der Waals surface area contributed by atoms with Crippen LogP contribution in [0.5, 0.6) is 0 Å². The molecule has 0 aliphatic heterocycles. The van der Waals surface area contributed by atoms with Crippen molar-refractivity contribution in [1.29, 1.82) is 0 Å². The summed E-state index contributed by atoms with van der Waals surface area (Å²) in [4.78, 5) is 38.6. The summed E-state index contributed by atoms with van der Waals surface area (Å²) in [6, 6.07) is 3.41. The Balaban J connectivity index is 2.33. The lowest BCUT2D eigenvalue weighted by Crippen LogP contribution is -2.21. The molecule has 8 heteroatoms. The second kappa shape index (κ2) is 8.48. The molecule has 2 aromatic rings. The minimum absolute atomic E-state index is 0.191. The summed E-state index contributed by atoms with van der Waals surface area (Å²) in [5, 5.41) is 2.92. The molecule has 0 saturated heterocycles. The Morgan fingerprint density at radius 1 is 1.35 bits per heavy atom. The lowest BCUT2D eigenvalue weighted by Gasteiger charge is -2.09. The standard InChI is InChI=1S/C18H20N2O5S/c1-5-24-18(23)14-11(2)15(17(22)20(3)4)26-16(14)19-13(21)9-8-12-7-6-10-25-12/h6-10H,5H2,1-4H3,(H,19,21). The molecule has 2 amide bonds. The van der Waals surface area contributed by atoms with E-state index in [1.165, 1.54) is 23.3 Å². The molecule has 0 atom stereocenters. The summed E-state index contributed by atoms with van der Waals surface area (Å²) < 4.78 is 10.2. The zero-order valence-corrected chi connectivity index (χ0v) is 15.8. The Morgan fingerprint density at radius 2 is 2.08 bits per heavy atom. The number of amides is 2. The van der Waals surface area contributed by atoms with E-state index in [4.69, 9.17) is 9.15 Å². The Kier molecular flexibility index (Phi) is 6.35. The third-order valence-electron chi connectivity index (χ3n) is 3.41. The van der Waals surface area contributed by atoms with Crippen LogP contribution in [-0.2, 0) is 9.53 Å². The van der Waals surface area contributed by atoms with Gasteiger partial charge in [0.25, 0.3) is 5.91 Å². The van der Waals surface area contributed by atoms with Gasteiger partial charge < -0.3 is 19.4 Å². The van der Waals surface area contributed by atoms with Gasteiger partial charge in [-0.15, -0.1) is 11.3 Å². The summed E-state index contributed by atoms with van der Waals surface area (Å²) in [6.07, 6.45) is 4.29. The smallest absolute Gasteiger partial charge is 0.341 e. The fourth-order valence-corrected chi connectivity index (χ4v) is 3.37. The molecule has 138 valence electrons. The van der Waals surface area contributed by atoms with Crippen molar-refractivity contribution in [3.05, 3.63) is 46.2 Å². The van der Waals surface area contributed by atoms with Crippen molar-refractivity contribution >= 4 is 40.2 Å². The van der Waals surface area contributed by atoms with Gasteiger partial charge in [-0.3, -0.25) is 9.59 Å². The van der Waals surface area contributed by atoms with E-state index in [0.29, 0.717) is 16.2 Å². The molecule has 26 heavy (non-hydrogen) atoms. The molecule has 2 aromatic heterocycles. The van der Waals surface area contributed by atoms with Crippen LogP contribution in [0.4, 0.5) is 5.00 Å². The molecule has 7 nitrogen and oxygen atoms in total. The molecule has 0 spiro atoms. The van der Waals surface area contributed by atoms with Crippen molar-refractivity contribution in [3.63, 3.8) is 0 Å². The van der Waals surface area contributed by atoms with Crippen LogP contribution in [0.25, 0.3) is 6.08 Å². The average Bonchev–Trinajstić information content (AvgIpc) is 3.20. The molecule has 0 saturated carbocycles. The van der Waals surface area contributed by atoms with Gasteiger partial charge in [-0.05, 0) is 37.6 Å². The Labute approximate surface area is 155 Å². The SMILES string of the molecule is CCOC(=O)c1c(NC(=O)C=Cc2ccco2)sc(C(=O)N(C)C)c1C. The summed E-state index contributed by atoms with van der Waals surface area (Å²) in [5.74, 6) is -0.748. The number of hydrogen-bond acceptors (Lipinski definition) is 6. The van der Waals surface area contributed by atoms with Gasteiger partial charge in [-0.2, -0.15) is 0 Å². The van der Waals surface area contributed by atoms with Crippen molar-refractivity contribution in [1.82, 2.24) is 4.90 Å². The van der Waals surface area contributed by atoms with E-state index in [1.807, 2.05) is 0 Å². The van der Waals surface area contributed by atoms with E-state index < -0.39 is 11.9 Å². The first kappa shape index (κ1) is 19.5. The molecule has 0 radical (unpaired) electrons. The number of rotatable bonds is 6. The first-order chi connectivity index (χ1) is 12.3. The Bertz CT molecular complexity index is 834. The topological polar surface area (TPSA) is 88.8 Å².